The zero-order chi connectivity index (χ0) is 25.4. The van der Waals surface area contributed by atoms with Gasteiger partial charge in [-0.2, -0.15) is 0 Å². The molecule has 0 bridgehead atoms. The van der Waals surface area contributed by atoms with E-state index in [2.05, 4.69) is 26.6 Å². The number of aromatic hydroxyl groups is 1. The van der Waals surface area contributed by atoms with E-state index in [9.17, 15) is 14.7 Å². The van der Waals surface area contributed by atoms with Gasteiger partial charge in [-0.15, -0.1) is 11.8 Å². The van der Waals surface area contributed by atoms with Crippen LogP contribution in [0.3, 0.4) is 0 Å². The van der Waals surface area contributed by atoms with Gasteiger partial charge >= 0.3 is 6.09 Å². The zero-order valence-corrected chi connectivity index (χ0v) is 21.6. The predicted molar refractivity (Wildman–Crippen MR) is 145 cm³/mol. The van der Waals surface area contributed by atoms with E-state index in [0.29, 0.717) is 27.1 Å². The molecular weight excluding hydrogens is 530 g/mol. The fourth-order valence-corrected chi connectivity index (χ4v) is 4.06. The standard InChI is InChI=1S/C26H26BrN3O4S/c1-16(7-14-24(32)30-22-6-4-3-5-21(22)28)25(20-15-17(27)8-13-23(20)31)34-26(33)29-18-9-11-19(35-2)12-10-18/h3-16,25,31H,28H2,1-2H3,(H,29,33)(H,30,32)/b14-7+/t16-,25-/m1/s1. The van der Waals surface area contributed by atoms with Gasteiger partial charge in [-0.05, 0) is 66.9 Å². The van der Waals surface area contributed by atoms with E-state index < -0.39 is 18.1 Å². The molecule has 0 saturated heterocycles. The predicted octanol–water partition coefficient (Wildman–Crippen LogP) is 6.58. The molecule has 0 heterocycles. The second-order valence-electron chi connectivity index (χ2n) is 7.68. The molecule has 0 radical (unpaired) electrons. The highest BCUT2D eigenvalue weighted by Crippen LogP contribution is 2.35. The molecule has 35 heavy (non-hydrogen) atoms. The van der Waals surface area contributed by atoms with E-state index in [0.717, 1.165) is 4.90 Å². The normalized spacial score (nSPS) is 12.7. The summed E-state index contributed by atoms with van der Waals surface area (Å²) in [6.07, 6.45) is 3.37. The molecule has 3 aromatic carbocycles. The molecular formula is C26H26BrN3O4S. The largest absolute Gasteiger partial charge is 0.508 e. The Morgan fingerprint density at radius 2 is 1.80 bits per heavy atom. The van der Waals surface area contributed by atoms with Crippen LogP contribution in [0.1, 0.15) is 18.6 Å². The Labute approximate surface area is 216 Å². The summed E-state index contributed by atoms with van der Waals surface area (Å²) in [5.41, 5.74) is 7.80. The number of benzene rings is 3. The summed E-state index contributed by atoms with van der Waals surface area (Å²) in [6, 6.07) is 19.1. The summed E-state index contributed by atoms with van der Waals surface area (Å²) in [5.74, 6) is -0.874. The molecule has 0 aliphatic heterocycles. The smallest absolute Gasteiger partial charge is 0.412 e. The molecule has 5 N–H and O–H groups in total. The summed E-state index contributed by atoms with van der Waals surface area (Å²) in [6.45, 7) is 1.78. The van der Waals surface area contributed by atoms with Crippen molar-refractivity contribution >= 4 is 56.8 Å². The molecule has 2 amide bonds. The second-order valence-corrected chi connectivity index (χ2v) is 9.47. The first-order chi connectivity index (χ1) is 16.8. The SMILES string of the molecule is CSc1ccc(NC(=O)O[C@@H](c2cc(Br)ccc2O)[C@H](C)/C=C/C(=O)Nc2ccccc2N)cc1. The third kappa shape index (κ3) is 7.53. The number of anilines is 3. The molecule has 2 atom stereocenters. The van der Waals surface area contributed by atoms with Crippen molar-refractivity contribution in [1.29, 1.82) is 0 Å². The van der Waals surface area contributed by atoms with Crippen molar-refractivity contribution in [2.75, 3.05) is 22.6 Å². The highest BCUT2D eigenvalue weighted by Gasteiger charge is 2.25. The van der Waals surface area contributed by atoms with Crippen molar-refractivity contribution in [3.63, 3.8) is 0 Å². The third-order valence-corrected chi connectivity index (χ3v) is 6.35. The van der Waals surface area contributed by atoms with Gasteiger partial charge in [-0.1, -0.05) is 41.1 Å². The molecule has 0 spiro atoms. The Morgan fingerprint density at radius 3 is 2.49 bits per heavy atom. The lowest BCUT2D eigenvalue weighted by Gasteiger charge is -2.24. The fraction of sp³-hybridized carbons (Fsp3) is 0.154. The molecule has 0 saturated carbocycles. The Kier molecular flexibility index (Phi) is 9.22. The zero-order valence-electron chi connectivity index (χ0n) is 19.2. The summed E-state index contributed by atoms with van der Waals surface area (Å²) >= 11 is 4.99. The van der Waals surface area contributed by atoms with Crippen LogP contribution in [0.15, 0.2) is 88.3 Å². The van der Waals surface area contributed by atoms with Crippen molar-refractivity contribution in [3.05, 3.63) is 88.9 Å². The Morgan fingerprint density at radius 1 is 1.09 bits per heavy atom. The minimum atomic E-state index is -0.871. The van der Waals surface area contributed by atoms with Gasteiger partial charge in [0.25, 0.3) is 0 Å². The van der Waals surface area contributed by atoms with Gasteiger partial charge < -0.3 is 20.9 Å². The maximum Gasteiger partial charge on any atom is 0.412 e. The number of nitrogens with one attached hydrogen (secondary N) is 2. The van der Waals surface area contributed by atoms with Crippen molar-refractivity contribution in [2.45, 2.75) is 17.9 Å². The van der Waals surface area contributed by atoms with E-state index in [4.69, 9.17) is 10.5 Å². The van der Waals surface area contributed by atoms with Gasteiger partial charge in [0.15, 0.2) is 0 Å². The molecule has 3 aromatic rings. The number of nitrogens with two attached hydrogens (primary N) is 1. The van der Waals surface area contributed by atoms with Crippen molar-refractivity contribution in [3.8, 4) is 5.75 Å². The first-order valence-electron chi connectivity index (χ1n) is 10.7. The van der Waals surface area contributed by atoms with Crippen LogP contribution in [0.25, 0.3) is 0 Å². The summed E-state index contributed by atoms with van der Waals surface area (Å²) < 4.78 is 6.43. The van der Waals surface area contributed by atoms with Gasteiger partial charge in [0.1, 0.15) is 11.9 Å². The Hall–Kier alpha value is -3.43. The van der Waals surface area contributed by atoms with E-state index in [1.807, 2.05) is 18.4 Å². The maximum atomic E-state index is 12.7. The third-order valence-electron chi connectivity index (χ3n) is 5.11. The van der Waals surface area contributed by atoms with Gasteiger partial charge in [0.2, 0.25) is 5.91 Å². The number of para-hydroxylation sites is 2. The number of amides is 2. The molecule has 182 valence electrons. The monoisotopic (exact) mass is 555 g/mol. The van der Waals surface area contributed by atoms with E-state index >= 15 is 0 Å². The number of phenolic OH excluding ortho intramolecular Hbond substituents is 1. The Bertz CT molecular complexity index is 1220. The van der Waals surface area contributed by atoms with Gasteiger partial charge in [0, 0.05) is 26.5 Å². The number of ether oxygens (including phenoxy) is 1. The minimum Gasteiger partial charge on any atom is -0.508 e. The molecule has 0 aliphatic rings. The van der Waals surface area contributed by atoms with Crippen LogP contribution < -0.4 is 16.4 Å². The Balaban J connectivity index is 1.77. The van der Waals surface area contributed by atoms with E-state index in [1.165, 1.54) is 12.1 Å². The van der Waals surface area contributed by atoms with Gasteiger partial charge in [0.05, 0.1) is 11.4 Å². The number of hydrogen-bond donors (Lipinski definition) is 4. The number of rotatable bonds is 8. The van der Waals surface area contributed by atoms with Crippen LogP contribution in [-0.4, -0.2) is 23.4 Å². The number of thioether (sulfide) groups is 1. The van der Waals surface area contributed by atoms with Crippen LogP contribution in [0.4, 0.5) is 21.9 Å². The molecule has 7 nitrogen and oxygen atoms in total. The first-order valence-corrected chi connectivity index (χ1v) is 12.7. The number of nitrogen functional groups attached to an aromatic ring is 1. The summed E-state index contributed by atoms with van der Waals surface area (Å²) in [5, 5.41) is 15.9. The summed E-state index contributed by atoms with van der Waals surface area (Å²) in [4.78, 5) is 26.2. The second kappa shape index (κ2) is 12.3. The molecule has 0 unspecified atom stereocenters. The maximum absolute atomic E-state index is 12.7. The minimum absolute atomic E-state index is 0.0305. The lowest BCUT2D eigenvalue weighted by molar-refractivity contribution is -0.111. The van der Waals surface area contributed by atoms with Crippen LogP contribution >= 0.6 is 27.7 Å². The molecule has 0 aromatic heterocycles. The van der Waals surface area contributed by atoms with Crippen molar-refractivity contribution in [1.82, 2.24) is 0 Å². The fourth-order valence-electron chi connectivity index (χ4n) is 3.27. The number of carbonyl (C=O) groups excluding carboxylic acids is 2. The number of carbonyl (C=O) groups is 2. The number of halogens is 1. The molecule has 3 rings (SSSR count). The average Bonchev–Trinajstić information content (AvgIpc) is 2.84. The summed E-state index contributed by atoms with van der Waals surface area (Å²) in [7, 11) is 0. The van der Waals surface area contributed by atoms with Crippen LogP contribution in [0.5, 0.6) is 5.75 Å². The molecule has 0 aliphatic carbocycles. The van der Waals surface area contributed by atoms with Crippen LogP contribution in [-0.2, 0) is 9.53 Å². The highest BCUT2D eigenvalue weighted by molar-refractivity contribution is 9.10. The van der Waals surface area contributed by atoms with E-state index in [1.54, 1.807) is 73.3 Å². The lowest BCUT2D eigenvalue weighted by atomic mass is 9.96. The number of hydrogen-bond acceptors (Lipinski definition) is 6. The van der Waals surface area contributed by atoms with Gasteiger partial charge in [-0.3, -0.25) is 10.1 Å². The lowest BCUT2D eigenvalue weighted by Crippen LogP contribution is -2.21. The van der Waals surface area contributed by atoms with E-state index in [-0.39, 0.29) is 11.7 Å². The van der Waals surface area contributed by atoms with Gasteiger partial charge in [-0.25, -0.2) is 4.79 Å². The highest BCUT2D eigenvalue weighted by atomic mass is 79.9. The quantitative estimate of drug-likeness (QED) is 0.142. The topological polar surface area (TPSA) is 114 Å². The van der Waals surface area contributed by atoms with Crippen LogP contribution in [0, 0.1) is 5.92 Å². The van der Waals surface area contributed by atoms with Crippen molar-refractivity contribution in [2.24, 2.45) is 5.92 Å². The molecule has 9 heteroatoms. The van der Waals surface area contributed by atoms with Crippen LogP contribution in [0.2, 0.25) is 0 Å². The van der Waals surface area contributed by atoms with Crippen molar-refractivity contribution < 1.29 is 19.4 Å². The first kappa shape index (κ1) is 26.2. The average molecular weight is 556 g/mol. The molecule has 0 fully saturated rings. The number of phenols is 1.